The zero-order chi connectivity index (χ0) is 17.7. The molecule has 0 radical (unpaired) electrons. The summed E-state index contributed by atoms with van der Waals surface area (Å²) in [6.45, 7) is 5.57. The quantitative estimate of drug-likeness (QED) is 0.584. The molecule has 0 atom stereocenters. The first-order valence-corrected chi connectivity index (χ1v) is 7.61. The van der Waals surface area contributed by atoms with Gasteiger partial charge in [0, 0.05) is 23.0 Å². The number of amides is 1. The van der Waals surface area contributed by atoms with E-state index in [1.165, 1.54) is 6.07 Å². The Morgan fingerprint density at radius 3 is 2.48 bits per heavy atom. The predicted molar refractivity (Wildman–Crippen MR) is 84.9 cm³/mol. The van der Waals surface area contributed by atoms with E-state index in [9.17, 15) is 18.0 Å². The van der Waals surface area contributed by atoms with Gasteiger partial charge in [-0.3, -0.25) is 0 Å². The summed E-state index contributed by atoms with van der Waals surface area (Å²) in [6.07, 6.45) is -4.56. The number of alkyl carbamates (subject to hydrolysis) is 1. The van der Waals surface area contributed by atoms with Crippen LogP contribution in [0.15, 0.2) is 22.7 Å². The highest BCUT2D eigenvalue weighted by molar-refractivity contribution is 9.10. The Morgan fingerprint density at radius 1 is 1.30 bits per heavy atom. The molecule has 0 aliphatic rings. The Labute approximate surface area is 141 Å². The van der Waals surface area contributed by atoms with E-state index in [1.54, 1.807) is 20.8 Å². The van der Waals surface area contributed by atoms with Gasteiger partial charge in [0.1, 0.15) is 5.60 Å². The first kappa shape index (κ1) is 19.4. The third-order valence-electron chi connectivity index (χ3n) is 2.44. The van der Waals surface area contributed by atoms with Crippen LogP contribution >= 0.6 is 15.9 Å². The molecule has 0 aliphatic carbocycles. The van der Waals surface area contributed by atoms with E-state index in [0.717, 1.165) is 12.1 Å². The Morgan fingerprint density at radius 2 is 1.96 bits per heavy atom. The van der Waals surface area contributed by atoms with Gasteiger partial charge in [-0.15, -0.1) is 0 Å². The lowest BCUT2D eigenvalue weighted by Gasteiger charge is -2.19. The number of nitrogens with one attached hydrogen (secondary N) is 1. The number of ether oxygens (including phenoxy) is 1. The summed E-state index contributed by atoms with van der Waals surface area (Å²) in [7, 11) is 0. The molecule has 0 fully saturated rings. The van der Waals surface area contributed by atoms with Crippen LogP contribution in [0.2, 0.25) is 0 Å². The second kappa shape index (κ2) is 7.73. The molecule has 0 bridgehead atoms. The molecular weight excluding hydrogens is 375 g/mol. The molecule has 1 aromatic rings. The van der Waals surface area contributed by atoms with Crippen molar-refractivity contribution in [3.63, 3.8) is 0 Å². The number of hydrogen-bond donors (Lipinski definition) is 1. The van der Waals surface area contributed by atoms with Gasteiger partial charge in [0.25, 0.3) is 0 Å². The molecule has 0 aromatic heterocycles. The van der Waals surface area contributed by atoms with E-state index in [-0.39, 0.29) is 4.47 Å². The van der Waals surface area contributed by atoms with Crippen molar-refractivity contribution in [2.75, 3.05) is 6.54 Å². The van der Waals surface area contributed by atoms with Gasteiger partial charge < -0.3 is 10.1 Å². The first-order valence-electron chi connectivity index (χ1n) is 6.81. The minimum atomic E-state index is -4.38. The largest absolute Gasteiger partial charge is 0.444 e. The predicted octanol–water partition coefficient (Wildman–Crippen LogP) is 4.73. The van der Waals surface area contributed by atoms with Crippen LogP contribution in [0, 0.1) is 11.8 Å². The molecule has 126 valence electrons. The van der Waals surface area contributed by atoms with Crippen molar-refractivity contribution in [1.82, 2.24) is 5.32 Å². The van der Waals surface area contributed by atoms with Gasteiger partial charge in [0.2, 0.25) is 0 Å². The van der Waals surface area contributed by atoms with Crippen LogP contribution in [-0.4, -0.2) is 18.2 Å². The molecule has 23 heavy (non-hydrogen) atoms. The molecule has 0 spiro atoms. The molecule has 0 unspecified atom stereocenters. The van der Waals surface area contributed by atoms with E-state index in [1.807, 2.05) is 0 Å². The zero-order valence-corrected chi connectivity index (χ0v) is 14.6. The van der Waals surface area contributed by atoms with E-state index in [4.69, 9.17) is 4.74 Å². The second-order valence-electron chi connectivity index (χ2n) is 5.67. The van der Waals surface area contributed by atoms with Gasteiger partial charge in [-0.05, 0) is 54.9 Å². The second-order valence-corrected chi connectivity index (χ2v) is 6.53. The maximum atomic E-state index is 12.5. The Balaban J connectivity index is 2.53. The highest BCUT2D eigenvalue weighted by Gasteiger charge is 2.30. The van der Waals surface area contributed by atoms with Gasteiger partial charge in [0.15, 0.2) is 0 Å². The van der Waals surface area contributed by atoms with Crippen molar-refractivity contribution >= 4 is 22.0 Å². The van der Waals surface area contributed by atoms with Crippen LogP contribution < -0.4 is 5.32 Å². The first-order chi connectivity index (χ1) is 10.5. The summed E-state index contributed by atoms with van der Waals surface area (Å²) in [5, 5.41) is 2.54. The van der Waals surface area contributed by atoms with Gasteiger partial charge in [-0.2, -0.15) is 13.2 Å². The van der Waals surface area contributed by atoms with Crippen LogP contribution in [0.1, 0.15) is 38.3 Å². The molecule has 0 saturated carbocycles. The average molecular weight is 392 g/mol. The van der Waals surface area contributed by atoms with Gasteiger partial charge >= 0.3 is 12.3 Å². The molecule has 1 rings (SSSR count). The van der Waals surface area contributed by atoms with E-state index in [2.05, 4.69) is 33.1 Å². The third kappa shape index (κ3) is 7.42. The van der Waals surface area contributed by atoms with Crippen molar-refractivity contribution in [3.8, 4) is 11.8 Å². The number of carbonyl (C=O) groups excluding carboxylic acids is 1. The highest BCUT2D eigenvalue weighted by Crippen LogP contribution is 2.31. The molecule has 1 amide bonds. The number of halogens is 4. The molecular formula is C16H17BrF3NO2. The smallest absolute Gasteiger partial charge is 0.416 e. The van der Waals surface area contributed by atoms with Crippen LogP contribution in [0.3, 0.4) is 0 Å². The molecule has 0 aliphatic heterocycles. The summed E-state index contributed by atoms with van der Waals surface area (Å²) in [5.41, 5.74) is -0.849. The summed E-state index contributed by atoms with van der Waals surface area (Å²) in [4.78, 5) is 11.4. The number of carbonyl (C=O) groups is 1. The van der Waals surface area contributed by atoms with Gasteiger partial charge in [0.05, 0.1) is 5.56 Å². The van der Waals surface area contributed by atoms with Crippen LogP contribution in [0.5, 0.6) is 0 Å². The normalized spacial score (nSPS) is 11.4. The number of rotatable bonds is 2. The maximum absolute atomic E-state index is 12.5. The zero-order valence-electron chi connectivity index (χ0n) is 13.0. The molecule has 0 heterocycles. The topological polar surface area (TPSA) is 38.3 Å². The van der Waals surface area contributed by atoms with Crippen molar-refractivity contribution in [1.29, 1.82) is 0 Å². The lowest BCUT2D eigenvalue weighted by atomic mass is 10.1. The fourth-order valence-corrected chi connectivity index (χ4v) is 1.97. The van der Waals surface area contributed by atoms with E-state index in [0.29, 0.717) is 18.5 Å². The SMILES string of the molecule is CC(C)(C)OC(=O)NCCC#Cc1ccc(C(F)(F)F)cc1Br. The minimum absolute atomic E-state index is 0.278. The van der Waals surface area contributed by atoms with Crippen LogP contribution in [-0.2, 0) is 10.9 Å². The van der Waals surface area contributed by atoms with Crippen LogP contribution in [0.25, 0.3) is 0 Å². The Hall–Kier alpha value is -1.68. The Kier molecular flexibility index (Phi) is 6.51. The Bertz CT molecular complexity index is 625. The van der Waals surface area contributed by atoms with Crippen molar-refractivity contribution in [2.45, 2.75) is 39.0 Å². The number of benzene rings is 1. The average Bonchev–Trinajstić information content (AvgIpc) is 2.36. The monoisotopic (exact) mass is 391 g/mol. The van der Waals surface area contributed by atoms with E-state index < -0.39 is 23.4 Å². The number of alkyl halides is 3. The van der Waals surface area contributed by atoms with Crippen molar-refractivity contribution in [3.05, 3.63) is 33.8 Å². The lowest BCUT2D eigenvalue weighted by Crippen LogP contribution is -2.32. The standard InChI is InChI=1S/C16H17BrF3NO2/c1-15(2,3)23-14(22)21-9-5-4-6-11-7-8-12(10-13(11)17)16(18,19)20/h7-8,10H,5,9H2,1-3H3,(H,21,22). The number of hydrogen-bond acceptors (Lipinski definition) is 2. The summed E-state index contributed by atoms with van der Waals surface area (Å²) >= 11 is 3.07. The molecule has 0 saturated heterocycles. The fourth-order valence-electron chi connectivity index (χ4n) is 1.49. The minimum Gasteiger partial charge on any atom is -0.444 e. The molecule has 7 heteroatoms. The van der Waals surface area contributed by atoms with Crippen molar-refractivity contribution in [2.24, 2.45) is 0 Å². The summed E-state index contributed by atoms with van der Waals surface area (Å²) in [6, 6.07) is 3.28. The van der Waals surface area contributed by atoms with Gasteiger partial charge in [-0.1, -0.05) is 11.8 Å². The lowest BCUT2D eigenvalue weighted by molar-refractivity contribution is -0.137. The fraction of sp³-hybridized carbons (Fsp3) is 0.438. The van der Waals surface area contributed by atoms with Crippen LogP contribution in [0.4, 0.5) is 18.0 Å². The molecule has 1 aromatic carbocycles. The maximum Gasteiger partial charge on any atom is 0.416 e. The van der Waals surface area contributed by atoms with E-state index >= 15 is 0 Å². The summed E-state index contributed by atoms with van der Waals surface area (Å²) in [5.74, 6) is 5.54. The highest BCUT2D eigenvalue weighted by atomic mass is 79.9. The molecule has 1 N–H and O–H groups in total. The third-order valence-corrected chi connectivity index (χ3v) is 3.09. The summed E-state index contributed by atoms with van der Waals surface area (Å²) < 4.78 is 42.9. The van der Waals surface area contributed by atoms with Crippen molar-refractivity contribution < 1.29 is 22.7 Å². The molecule has 3 nitrogen and oxygen atoms in total. The van der Waals surface area contributed by atoms with Gasteiger partial charge in [-0.25, -0.2) is 4.79 Å².